The van der Waals surface area contributed by atoms with Gasteiger partial charge in [0.25, 0.3) is 5.91 Å². The van der Waals surface area contributed by atoms with Crippen LogP contribution in [0.25, 0.3) is 0 Å². The van der Waals surface area contributed by atoms with Gasteiger partial charge in [0, 0.05) is 28.9 Å². The molecular weight excluding hydrogens is 308 g/mol. The molecule has 0 saturated carbocycles. The maximum absolute atomic E-state index is 11.9. The molecule has 0 spiro atoms. The SMILES string of the molecule is O=C(NCC[S@@](=O)Cc1ccccc1)c1cccc(Cl)n1. The molecule has 2 aromatic rings. The molecule has 1 aromatic heterocycles. The first-order chi connectivity index (χ1) is 10.1. The van der Waals surface area contributed by atoms with Crippen molar-refractivity contribution in [3.63, 3.8) is 0 Å². The van der Waals surface area contributed by atoms with Crippen LogP contribution in [0.3, 0.4) is 0 Å². The van der Waals surface area contributed by atoms with Gasteiger partial charge in [0.15, 0.2) is 0 Å². The lowest BCUT2D eigenvalue weighted by molar-refractivity contribution is 0.0951. The average Bonchev–Trinajstić information content (AvgIpc) is 2.48. The molecule has 0 aliphatic carbocycles. The fourth-order valence-electron chi connectivity index (χ4n) is 1.74. The van der Waals surface area contributed by atoms with Crippen molar-refractivity contribution in [2.75, 3.05) is 12.3 Å². The molecule has 1 heterocycles. The Morgan fingerprint density at radius 1 is 1.14 bits per heavy atom. The monoisotopic (exact) mass is 322 g/mol. The Balaban J connectivity index is 1.76. The number of halogens is 1. The number of carbonyl (C=O) groups is 1. The average molecular weight is 323 g/mol. The third-order valence-electron chi connectivity index (χ3n) is 2.73. The first-order valence-electron chi connectivity index (χ1n) is 6.45. The summed E-state index contributed by atoms with van der Waals surface area (Å²) in [7, 11) is -1.01. The minimum Gasteiger partial charge on any atom is -0.350 e. The van der Waals surface area contributed by atoms with Crippen LogP contribution < -0.4 is 5.32 Å². The molecule has 0 aliphatic heterocycles. The normalized spacial score (nSPS) is 11.9. The molecule has 0 aliphatic rings. The number of nitrogens with zero attached hydrogens (tertiary/aromatic N) is 1. The Morgan fingerprint density at radius 3 is 2.62 bits per heavy atom. The molecule has 0 saturated heterocycles. The largest absolute Gasteiger partial charge is 0.350 e. The van der Waals surface area contributed by atoms with Crippen LogP contribution in [0.5, 0.6) is 0 Å². The zero-order chi connectivity index (χ0) is 15.1. The highest BCUT2D eigenvalue weighted by molar-refractivity contribution is 7.84. The number of hydrogen-bond donors (Lipinski definition) is 1. The van der Waals surface area contributed by atoms with Crippen LogP contribution in [0.2, 0.25) is 5.15 Å². The summed E-state index contributed by atoms with van der Waals surface area (Å²) in [5.74, 6) is 0.585. The summed E-state index contributed by atoms with van der Waals surface area (Å²) in [4.78, 5) is 15.7. The van der Waals surface area contributed by atoms with E-state index in [9.17, 15) is 9.00 Å². The quantitative estimate of drug-likeness (QED) is 0.831. The van der Waals surface area contributed by atoms with Crippen molar-refractivity contribution in [1.82, 2.24) is 10.3 Å². The number of hydrogen-bond acceptors (Lipinski definition) is 3. The molecule has 1 atom stereocenters. The smallest absolute Gasteiger partial charge is 0.269 e. The molecule has 1 amide bonds. The number of aromatic nitrogens is 1. The van der Waals surface area contributed by atoms with Crippen molar-refractivity contribution >= 4 is 28.3 Å². The zero-order valence-electron chi connectivity index (χ0n) is 11.3. The van der Waals surface area contributed by atoms with E-state index in [2.05, 4.69) is 10.3 Å². The fraction of sp³-hybridized carbons (Fsp3) is 0.200. The third kappa shape index (κ3) is 5.28. The van der Waals surface area contributed by atoms with Gasteiger partial charge in [-0.05, 0) is 17.7 Å². The second kappa shape index (κ2) is 7.90. The Kier molecular flexibility index (Phi) is 5.90. The number of amides is 1. The summed E-state index contributed by atoms with van der Waals surface area (Å²) in [5, 5.41) is 2.96. The Morgan fingerprint density at radius 2 is 1.90 bits per heavy atom. The summed E-state index contributed by atoms with van der Waals surface area (Å²) in [6, 6.07) is 14.5. The third-order valence-corrected chi connectivity index (χ3v) is 4.26. The highest BCUT2D eigenvalue weighted by Gasteiger charge is 2.08. The molecule has 21 heavy (non-hydrogen) atoms. The fourth-order valence-corrected chi connectivity index (χ4v) is 2.94. The van der Waals surface area contributed by atoms with Gasteiger partial charge in [0.2, 0.25) is 0 Å². The predicted octanol–water partition coefficient (Wildman–Crippen LogP) is 2.41. The van der Waals surface area contributed by atoms with E-state index < -0.39 is 10.8 Å². The van der Waals surface area contributed by atoms with E-state index in [1.165, 1.54) is 0 Å². The number of carbonyl (C=O) groups excluding carboxylic acids is 1. The highest BCUT2D eigenvalue weighted by atomic mass is 35.5. The molecule has 0 unspecified atom stereocenters. The summed E-state index contributed by atoms with van der Waals surface area (Å²) < 4.78 is 11.9. The van der Waals surface area contributed by atoms with E-state index in [0.29, 0.717) is 18.1 Å². The van der Waals surface area contributed by atoms with Gasteiger partial charge in [0.1, 0.15) is 10.8 Å². The molecule has 0 radical (unpaired) electrons. The predicted molar refractivity (Wildman–Crippen MR) is 84.7 cm³/mol. The minimum atomic E-state index is -1.01. The van der Waals surface area contributed by atoms with E-state index in [-0.39, 0.29) is 16.8 Å². The topological polar surface area (TPSA) is 59.1 Å². The van der Waals surface area contributed by atoms with Gasteiger partial charge in [-0.2, -0.15) is 0 Å². The molecule has 6 heteroatoms. The van der Waals surface area contributed by atoms with Crippen LogP contribution in [0.15, 0.2) is 48.5 Å². The Hall–Kier alpha value is -1.72. The molecule has 0 bridgehead atoms. The van der Waals surface area contributed by atoms with Crippen molar-refractivity contribution in [2.24, 2.45) is 0 Å². The molecule has 0 fully saturated rings. The maximum Gasteiger partial charge on any atom is 0.269 e. The molecule has 1 aromatic carbocycles. The van der Waals surface area contributed by atoms with Crippen LogP contribution in [0.4, 0.5) is 0 Å². The van der Waals surface area contributed by atoms with Crippen LogP contribution in [0, 0.1) is 0 Å². The summed E-state index contributed by atoms with van der Waals surface area (Å²) in [6.45, 7) is 0.340. The van der Waals surface area contributed by atoms with Gasteiger partial charge in [-0.25, -0.2) is 4.98 Å². The van der Waals surface area contributed by atoms with Crippen molar-refractivity contribution in [1.29, 1.82) is 0 Å². The molecule has 4 nitrogen and oxygen atoms in total. The number of pyridine rings is 1. The molecule has 110 valence electrons. The zero-order valence-corrected chi connectivity index (χ0v) is 12.9. The van der Waals surface area contributed by atoms with Gasteiger partial charge < -0.3 is 5.32 Å². The van der Waals surface area contributed by atoms with Gasteiger partial charge in [-0.1, -0.05) is 48.0 Å². The number of rotatable bonds is 6. The van der Waals surface area contributed by atoms with Crippen molar-refractivity contribution in [3.05, 3.63) is 64.9 Å². The maximum atomic E-state index is 11.9. The van der Waals surface area contributed by atoms with E-state index in [1.54, 1.807) is 18.2 Å². The lowest BCUT2D eigenvalue weighted by Gasteiger charge is -2.05. The van der Waals surface area contributed by atoms with Gasteiger partial charge >= 0.3 is 0 Å². The highest BCUT2D eigenvalue weighted by Crippen LogP contribution is 2.05. The van der Waals surface area contributed by atoms with Gasteiger partial charge in [-0.15, -0.1) is 0 Å². The van der Waals surface area contributed by atoms with Crippen molar-refractivity contribution in [3.8, 4) is 0 Å². The summed E-state index contributed by atoms with van der Waals surface area (Å²) >= 11 is 5.72. The lowest BCUT2D eigenvalue weighted by Crippen LogP contribution is -2.28. The van der Waals surface area contributed by atoms with Crippen molar-refractivity contribution < 1.29 is 9.00 Å². The number of benzene rings is 1. The van der Waals surface area contributed by atoms with Crippen LogP contribution in [0.1, 0.15) is 16.1 Å². The second-order valence-corrected chi connectivity index (χ2v) is 6.34. The van der Waals surface area contributed by atoms with Gasteiger partial charge in [0.05, 0.1) is 0 Å². The van der Waals surface area contributed by atoms with Crippen molar-refractivity contribution in [2.45, 2.75) is 5.75 Å². The Labute approximate surface area is 131 Å². The van der Waals surface area contributed by atoms with E-state index in [1.807, 2.05) is 30.3 Å². The first kappa shape index (κ1) is 15.7. The number of nitrogens with one attached hydrogen (secondary N) is 1. The summed E-state index contributed by atoms with van der Waals surface area (Å²) in [6.07, 6.45) is 0. The van der Waals surface area contributed by atoms with Crippen LogP contribution in [-0.2, 0) is 16.6 Å². The molecule has 1 N–H and O–H groups in total. The summed E-state index contributed by atoms with van der Waals surface area (Å²) in [5.41, 5.74) is 1.29. The van der Waals surface area contributed by atoms with E-state index >= 15 is 0 Å². The van der Waals surface area contributed by atoms with E-state index in [0.717, 1.165) is 5.56 Å². The van der Waals surface area contributed by atoms with Gasteiger partial charge in [-0.3, -0.25) is 9.00 Å². The van der Waals surface area contributed by atoms with E-state index in [4.69, 9.17) is 11.6 Å². The van der Waals surface area contributed by atoms with Crippen LogP contribution in [-0.4, -0.2) is 27.4 Å². The minimum absolute atomic E-state index is 0.261. The molecule has 2 rings (SSSR count). The molecular formula is C15H15ClN2O2S. The first-order valence-corrected chi connectivity index (χ1v) is 8.31. The van der Waals surface area contributed by atoms with Crippen LogP contribution >= 0.6 is 11.6 Å². The Bertz CT molecular complexity index is 635. The lowest BCUT2D eigenvalue weighted by atomic mass is 10.2. The standard InChI is InChI=1S/C15H15ClN2O2S/c16-14-8-4-7-13(18-14)15(19)17-9-10-21(20)11-12-5-2-1-3-6-12/h1-8H,9-11H2,(H,17,19)/t21-/m1/s1. The second-order valence-electron chi connectivity index (χ2n) is 4.38.